The van der Waals surface area contributed by atoms with E-state index in [0.29, 0.717) is 18.7 Å². The van der Waals surface area contributed by atoms with Crippen LogP contribution < -0.4 is 11.2 Å². The zero-order chi connectivity index (χ0) is 16.4. The second kappa shape index (κ2) is 5.96. The number of fused-ring (bicyclic) bond motifs is 1. The zero-order valence-corrected chi connectivity index (χ0v) is 12.5. The van der Waals surface area contributed by atoms with Crippen molar-refractivity contribution in [3.63, 3.8) is 0 Å². The van der Waals surface area contributed by atoms with Crippen molar-refractivity contribution in [2.75, 3.05) is 6.54 Å². The molecule has 0 saturated heterocycles. The zero-order valence-electron chi connectivity index (χ0n) is 12.5. The molecule has 2 aromatic heterocycles. The van der Waals surface area contributed by atoms with Gasteiger partial charge >= 0.3 is 5.69 Å². The molecule has 0 aliphatic carbocycles. The predicted molar refractivity (Wildman–Crippen MR) is 88.4 cm³/mol. The van der Waals surface area contributed by atoms with Crippen LogP contribution in [-0.2, 0) is 6.42 Å². The van der Waals surface area contributed by atoms with Crippen LogP contribution in [0.2, 0.25) is 0 Å². The first kappa shape index (κ1) is 14.8. The number of nitrogens with zero attached hydrogens (tertiary/aromatic N) is 1. The van der Waals surface area contributed by atoms with Crippen LogP contribution in [0.5, 0.6) is 5.88 Å². The molecule has 4 N–H and O–H groups in total. The largest absolute Gasteiger partial charge is 0.494 e. The van der Waals surface area contributed by atoms with E-state index in [4.69, 9.17) is 0 Å². The van der Waals surface area contributed by atoms with Gasteiger partial charge in [0.2, 0.25) is 5.88 Å². The normalized spacial score (nSPS) is 12.0. The predicted octanol–water partition coefficient (Wildman–Crippen LogP) is 1.30. The van der Waals surface area contributed by atoms with Gasteiger partial charge in [0.15, 0.2) is 0 Å². The quantitative estimate of drug-likeness (QED) is 0.544. The molecule has 3 aromatic rings. The number of aliphatic imine (C=N–C) groups is 1. The Bertz CT molecular complexity index is 994. The third-order valence-corrected chi connectivity index (χ3v) is 3.69. The summed E-state index contributed by atoms with van der Waals surface area (Å²) in [7, 11) is 0. The van der Waals surface area contributed by atoms with Crippen molar-refractivity contribution in [2.45, 2.75) is 13.3 Å². The van der Waals surface area contributed by atoms with Crippen LogP contribution in [0.25, 0.3) is 10.9 Å². The minimum atomic E-state index is -0.747. The van der Waals surface area contributed by atoms with Crippen LogP contribution in [0.15, 0.2) is 45.0 Å². The first-order valence-electron chi connectivity index (χ1n) is 7.18. The molecule has 118 valence electrons. The lowest BCUT2D eigenvalue weighted by atomic mass is 10.1. The van der Waals surface area contributed by atoms with Crippen LogP contribution in [0.1, 0.15) is 18.1 Å². The molecule has 0 radical (unpaired) electrons. The van der Waals surface area contributed by atoms with Gasteiger partial charge in [-0.3, -0.25) is 19.8 Å². The maximum Gasteiger partial charge on any atom is 0.328 e. The van der Waals surface area contributed by atoms with Crippen molar-refractivity contribution in [3.8, 4) is 5.88 Å². The Balaban J connectivity index is 1.81. The number of para-hydroxylation sites is 1. The highest BCUT2D eigenvalue weighted by Crippen LogP contribution is 2.18. The van der Waals surface area contributed by atoms with Gasteiger partial charge in [-0.1, -0.05) is 18.2 Å². The lowest BCUT2D eigenvalue weighted by Gasteiger charge is -2.02. The van der Waals surface area contributed by atoms with E-state index >= 15 is 0 Å². The van der Waals surface area contributed by atoms with Gasteiger partial charge in [-0.05, 0) is 25.0 Å². The smallest absolute Gasteiger partial charge is 0.328 e. The fourth-order valence-corrected chi connectivity index (χ4v) is 2.57. The Morgan fingerprint density at radius 1 is 1.22 bits per heavy atom. The van der Waals surface area contributed by atoms with Gasteiger partial charge in [0, 0.05) is 29.4 Å². The van der Waals surface area contributed by atoms with E-state index < -0.39 is 17.1 Å². The molecule has 0 unspecified atom stereocenters. The Hall–Kier alpha value is -3.09. The number of aromatic nitrogens is 3. The van der Waals surface area contributed by atoms with Crippen molar-refractivity contribution in [3.05, 3.63) is 62.4 Å². The molecule has 0 spiro atoms. The highest BCUT2D eigenvalue weighted by atomic mass is 16.3. The Morgan fingerprint density at radius 2 is 2.00 bits per heavy atom. The van der Waals surface area contributed by atoms with Crippen LogP contribution in [0, 0.1) is 0 Å². The summed E-state index contributed by atoms with van der Waals surface area (Å²) in [5.74, 6) is -0.466. The maximum atomic E-state index is 11.7. The number of nitrogens with one attached hydrogen (secondary N) is 3. The number of benzene rings is 1. The number of rotatable bonds is 4. The molecule has 7 heteroatoms. The van der Waals surface area contributed by atoms with Gasteiger partial charge in [0.25, 0.3) is 5.56 Å². The van der Waals surface area contributed by atoms with Crippen LogP contribution in [0.4, 0.5) is 0 Å². The molecule has 0 amide bonds. The number of hydrogen-bond acceptors (Lipinski definition) is 4. The van der Waals surface area contributed by atoms with Gasteiger partial charge in [0.05, 0.1) is 0 Å². The van der Waals surface area contributed by atoms with Crippen molar-refractivity contribution in [1.82, 2.24) is 15.0 Å². The summed E-state index contributed by atoms with van der Waals surface area (Å²) in [6.07, 6.45) is 2.64. The average molecular weight is 312 g/mol. The number of aromatic amines is 3. The van der Waals surface area contributed by atoms with Crippen molar-refractivity contribution >= 4 is 16.6 Å². The molecule has 0 bridgehead atoms. The Kier molecular flexibility index (Phi) is 3.84. The minimum absolute atomic E-state index is 0.0106. The summed E-state index contributed by atoms with van der Waals surface area (Å²) in [5.41, 5.74) is 1.17. The van der Waals surface area contributed by atoms with E-state index in [1.54, 1.807) is 6.92 Å². The topological polar surface area (TPSA) is 114 Å². The van der Waals surface area contributed by atoms with E-state index in [0.717, 1.165) is 16.5 Å². The molecule has 0 fully saturated rings. The number of H-pyrrole nitrogens is 3. The second-order valence-corrected chi connectivity index (χ2v) is 5.21. The summed E-state index contributed by atoms with van der Waals surface area (Å²) in [6.45, 7) is 2.09. The fraction of sp³-hybridized carbons (Fsp3) is 0.188. The van der Waals surface area contributed by atoms with Crippen LogP contribution in [0.3, 0.4) is 0 Å². The summed E-state index contributed by atoms with van der Waals surface area (Å²) in [5, 5.41) is 10.8. The van der Waals surface area contributed by atoms with Gasteiger partial charge in [-0.15, -0.1) is 0 Å². The molecule has 0 atom stereocenters. The average Bonchev–Trinajstić information content (AvgIpc) is 2.90. The van der Waals surface area contributed by atoms with Gasteiger partial charge in [-0.2, -0.15) is 0 Å². The highest BCUT2D eigenvalue weighted by molar-refractivity contribution is 6.00. The Labute approximate surface area is 130 Å². The minimum Gasteiger partial charge on any atom is -0.494 e. The summed E-state index contributed by atoms with van der Waals surface area (Å²) >= 11 is 0. The molecular formula is C16H16N4O3. The van der Waals surface area contributed by atoms with E-state index in [2.05, 4.69) is 19.9 Å². The Morgan fingerprint density at radius 3 is 2.78 bits per heavy atom. The van der Waals surface area contributed by atoms with Crippen molar-refractivity contribution < 1.29 is 5.11 Å². The highest BCUT2D eigenvalue weighted by Gasteiger charge is 2.11. The third-order valence-electron chi connectivity index (χ3n) is 3.69. The van der Waals surface area contributed by atoms with Crippen LogP contribution in [-0.4, -0.2) is 32.3 Å². The third kappa shape index (κ3) is 2.94. The maximum absolute atomic E-state index is 11.7. The molecule has 0 aliphatic heterocycles. The first-order valence-corrected chi connectivity index (χ1v) is 7.18. The summed E-state index contributed by atoms with van der Waals surface area (Å²) in [6, 6.07) is 7.99. The molecule has 0 aliphatic rings. The fourth-order valence-electron chi connectivity index (χ4n) is 2.57. The molecule has 1 aromatic carbocycles. The molecule has 0 saturated carbocycles. The van der Waals surface area contributed by atoms with Gasteiger partial charge < -0.3 is 10.1 Å². The van der Waals surface area contributed by atoms with Crippen LogP contribution >= 0.6 is 0 Å². The molecule has 3 rings (SSSR count). The van der Waals surface area contributed by atoms with E-state index in [1.165, 1.54) is 0 Å². The van der Waals surface area contributed by atoms with Crippen molar-refractivity contribution in [1.29, 1.82) is 0 Å². The second-order valence-electron chi connectivity index (χ2n) is 5.21. The van der Waals surface area contributed by atoms with E-state index in [1.807, 2.05) is 30.5 Å². The lowest BCUT2D eigenvalue weighted by Crippen LogP contribution is -2.27. The number of aromatic hydroxyl groups is 1. The SMILES string of the molecule is CC(=NCCc1c[nH]c2ccccc12)c1c(O)[nH]c(=O)[nH]c1=O. The van der Waals surface area contributed by atoms with E-state index in [9.17, 15) is 14.7 Å². The number of hydrogen-bond donors (Lipinski definition) is 4. The summed E-state index contributed by atoms with van der Waals surface area (Å²) in [4.78, 5) is 34.6. The molecule has 23 heavy (non-hydrogen) atoms. The summed E-state index contributed by atoms with van der Waals surface area (Å²) < 4.78 is 0. The molecular weight excluding hydrogens is 296 g/mol. The monoisotopic (exact) mass is 312 g/mol. The lowest BCUT2D eigenvalue weighted by molar-refractivity contribution is 0.447. The molecule has 2 heterocycles. The van der Waals surface area contributed by atoms with Gasteiger partial charge in [0.1, 0.15) is 5.56 Å². The van der Waals surface area contributed by atoms with E-state index in [-0.39, 0.29) is 5.56 Å². The van der Waals surface area contributed by atoms with Crippen molar-refractivity contribution in [2.24, 2.45) is 4.99 Å². The molecule has 7 nitrogen and oxygen atoms in total. The standard InChI is InChI=1S/C16H16N4O3/c1-9(13-14(21)19-16(23)20-15(13)22)17-7-6-10-8-18-12-5-3-2-4-11(10)12/h2-5,8,18H,6-7H2,1H3,(H3,19,20,21,22,23). The van der Waals surface area contributed by atoms with Gasteiger partial charge in [-0.25, -0.2) is 4.79 Å². The first-order chi connectivity index (χ1) is 11.1.